The summed E-state index contributed by atoms with van der Waals surface area (Å²) in [6.07, 6.45) is 0. The van der Waals surface area contributed by atoms with Crippen LogP contribution in [0.25, 0.3) is 0 Å². The van der Waals surface area contributed by atoms with Crippen molar-refractivity contribution in [3.8, 4) is 57.5 Å². The number of hydrogen-bond donors (Lipinski definition) is 3. The van der Waals surface area contributed by atoms with Crippen LogP contribution in [0.5, 0.6) is 57.5 Å². The Balaban J connectivity index is 1.96. The van der Waals surface area contributed by atoms with Gasteiger partial charge in [-0.1, -0.05) is 0 Å². The van der Waals surface area contributed by atoms with E-state index in [2.05, 4.69) is 0 Å². The molecule has 8 heteroatoms. The van der Waals surface area contributed by atoms with E-state index in [0.717, 1.165) is 0 Å². The van der Waals surface area contributed by atoms with Gasteiger partial charge in [-0.05, 0) is 45.0 Å². The van der Waals surface area contributed by atoms with Gasteiger partial charge < -0.3 is 39.0 Å². The molecule has 0 aliphatic rings. The molecule has 0 heterocycles. The maximum atomic E-state index is 10.7. The van der Waals surface area contributed by atoms with Crippen LogP contribution >= 0.6 is 0 Å². The second kappa shape index (κ2) is 10.4. The van der Waals surface area contributed by atoms with Gasteiger partial charge in [0.15, 0.2) is 34.5 Å². The molecule has 0 spiro atoms. The van der Waals surface area contributed by atoms with Crippen molar-refractivity contribution in [3.05, 3.63) is 48.5 Å². The molecule has 0 unspecified atom stereocenters. The first kappa shape index (κ1) is 22.7. The summed E-state index contributed by atoms with van der Waals surface area (Å²) < 4.78 is 28.5. The highest BCUT2D eigenvalue weighted by molar-refractivity contribution is 5.59. The van der Waals surface area contributed by atoms with Crippen molar-refractivity contribution < 1.29 is 39.0 Å². The Labute approximate surface area is 186 Å². The molecule has 0 aromatic heterocycles. The summed E-state index contributed by atoms with van der Waals surface area (Å²) in [4.78, 5) is 0. The molecule has 3 aromatic rings. The van der Waals surface area contributed by atoms with Crippen molar-refractivity contribution in [2.24, 2.45) is 0 Å². The Morgan fingerprint density at radius 1 is 0.562 bits per heavy atom. The third-order valence-electron chi connectivity index (χ3n) is 4.20. The van der Waals surface area contributed by atoms with Gasteiger partial charge in [-0.15, -0.1) is 0 Å². The van der Waals surface area contributed by atoms with Gasteiger partial charge in [0, 0.05) is 24.3 Å². The highest BCUT2D eigenvalue weighted by Gasteiger charge is 2.19. The van der Waals surface area contributed by atoms with E-state index in [1.807, 2.05) is 13.8 Å². The molecule has 8 nitrogen and oxygen atoms in total. The minimum atomic E-state index is -0.224. The Hall–Kier alpha value is -3.94. The van der Waals surface area contributed by atoms with E-state index in [4.69, 9.17) is 23.7 Å². The van der Waals surface area contributed by atoms with Crippen molar-refractivity contribution in [3.63, 3.8) is 0 Å². The summed E-state index contributed by atoms with van der Waals surface area (Å²) in [6.45, 7) is 6.49. The molecule has 0 bridgehead atoms. The van der Waals surface area contributed by atoms with E-state index in [1.54, 1.807) is 19.1 Å². The van der Waals surface area contributed by atoms with Crippen molar-refractivity contribution >= 4 is 0 Å². The summed E-state index contributed by atoms with van der Waals surface area (Å²) in [7, 11) is 0. The minimum Gasteiger partial charge on any atom is -0.508 e. The zero-order valence-corrected chi connectivity index (χ0v) is 18.1. The number of phenolic OH excluding ortho intramolecular Hbond substituents is 3. The first-order valence-electron chi connectivity index (χ1n) is 10.2. The van der Waals surface area contributed by atoms with Crippen LogP contribution in [0.4, 0.5) is 0 Å². The Kier molecular flexibility index (Phi) is 7.38. The number of hydrogen-bond acceptors (Lipinski definition) is 8. The van der Waals surface area contributed by atoms with Gasteiger partial charge in [-0.2, -0.15) is 0 Å². The molecule has 3 rings (SSSR count). The largest absolute Gasteiger partial charge is 0.508 e. The quantitative estimate of drug-likeness (QED) is 0.373. The van der Waals surface area contributed by atoms with Crippen molar-refractivity contribution in [2.75, 3.05) is 19.8 Å². The fourth-order valence-corrected chi connectivity index (χ4v) is 2.92. The van der Waals surface area contributed by atoms with E-state index in [0.29, 0.717) is 42.8 Å². The van der Waals surface area contributed by atoms with Crippen LogP contribution in [0, 0.1) is 0 Å². The van der Waals surface area contributed by atoms with Gasteiger partial charge in [0.05, 0.1) is 19.8 Å². The molecule has 0 fully saturated rings. The second-order valence-electron chi connectivity index (χ2n) is 6.53. The molecule has 0 aliphatic carbocycles. The number of benzene rings is 3. The van der Waals surface area contributed by atoms with Gasteiger partial charge in [0.1, 0.15) is 17.2 Å². The molecule has 32 heavy (non-hydrogen) atoms. The van der Waals surface area contributed by atoms with E-state index in [1.165, 1.54) is 36.4 Å². The lowest BCUT2D eigenvalue weighted by Crippen LogP contribution is -1.99. The molecule has 0 radical (unpaired) electrons. The van der Waals surface area contributed by atoms with Crippen LogP contribution in [-0.2, 0) is 0 Å². The monoisotopic (exact) mass is 442 g/mol. The molecular weight excluding hydrogens is 416 g/mol. The molecule has 0 aliphatic heterocycles. The lowest BCUT2D eigenvalue weighted by molar-refractivity contribution is 0.294. The molecule has 0 atom stereocenters. The Morgan fingerprint density at radius 2 is 1.06 bits per heavy atom. The lowest BCUT2D eigenvalue weighted by atomic mass is 10.2. The summed E-state index contributed by atoms with van der Waals surface area (Å²) in [5.74, 6) is 1.77. The standard InChI is InChI=1S/C24H26O8/c1-4-28-21-11-15(25)7-9-19(21)31-17-13-18(27)24(23(14-17)30-6-3)32-20-10-8-16(26)12-22(20)29-5-2/h7-14,25-27H,4-6H2,1-3H3. The number of aromatic hydroxyl groups is 3. The maximum Gasteiger partial charge on any atom is 0.211 e. The molecule has 3 aromatic carbocycles. The summed E-state index contributed by atoms with van der Waals surface area (Å²) >= 11 is 0. The Bertz CT molecular complexity index is 1060. The van der Waals surface area contributed by atoms with Crippen LogP contribution < -0.4 is 23.7 Å². The lowest BCUT2D eigenvalue weighted by Gasteiger charge is -2.17. The van der Waals surface area contributed by atoms with Crippen LogP contribution in [-0.4, -0.2) is 35.1 Å². The molecule has 0 amide bonds. The van der Waals surface area contributed by atoms with Crippen LogP contribution in [0.2, 0.25) is 0 Å². The van der Waals surface area contributed by atoms with Crippen molar-refractivity contribution in [2.45, 2.75) is 20.8 Å². The number of rotatable bonds is 10. The van der Waals surface area contributed by atoms with Crippen LogP contribution in [0.1, 0.15) is 20.8 Å². The summed E-state index contributed by atoms with van der Waals surface area (Å²) in [5.41, 5.74) is 0. The maximum absolute atomic E-state index is 10.7. The Morgan fingerprint density at radius 3 is 1.59 bits per heavy atom. The smallest absolute Gasteiger partial charge is 0.211 e. The topological polar surface area (TPSA) is 107 Å². The predicted molar refractivity (Wildman–Crippen MR) is 118 cm³/mol. The normalized spacial score (nSPS) is 10.5. The van der Waals surface area contributed by atoms with Gasteiger partial charge in [-0.3, -0.25) is 0 Å². The van der Waals surface area contributed by atoms with Gasteiger partial charge >= 0.3 is 0 Å². The van der Waals surface area contributed by atoms with Gasteiger partial charge in [-0.25, -0.2) is 0 Å². The zero-order chi connectivity index (χ0) is 23.1. The van der Waals surface area contributed by atoms with Crippen molar-refractivity contribution in [1.29, 1.82) is 0 Å². The first-order valence-corrected chi connectivity index (χ1v) is 10.2. The van der Waals surface area contributed by atoms with Crippen LogP contribution in [0.15, 0.2) is 48.5 Å². The average molecular weight is 442 g/mol. The first-order chi connectivity index (χ1) is 15.4. The highest BCUT2D eigenvalue weighted by atomic mass is 16.5. The summed E-state index contributed by atoms with van der Waals surface area (Å²) in [5, 5.41) is 30.1. The van der Waals surface area contributed by atoms with Crippen LogP contribution in [0.3, 0.4) is 0 Å². The second-order valence-corrected chi connectivity index (χ2v) is 6.53. The molecule has 170 valence electrons. The third-order valence-corrected chi connectivity index (χ3v) is 4.20. The van der Waals surface area contributed by atoms with E-state index < -0.39 is 0 Å². The van der Waals surface area contributed by atoms with E-state index in [-0.39, 0.29) is 34.5 Å². The molecule has 0 saturated heterocycles. The van der Waals surface area contributed by atoms with E-state index in [9.17, 15) is 15.3 Å². The third kappa shape index (κ3) is 5.40. The molecular formula is C24H26O8. The van der Waals surface area contributed by atoms with Crippen molar-refractivity contribution in [1.82, 2.24) is 0 Å². The van der Waals surface area contributed by atoms with E-state index >= 15 is 0 Å². The highest BCUT2D eigenvalue weighted by Crippen LogP contribution is 2.47. The zero-order valence-electron chi connectivity index (χ0n) is 18.1. The van der Waals surface area contributed by atoms with Gasteiger partial charge in [0.2, 0.25) is 5.75 Å². The SMILES string of the molecule is CCOc1cc(O)ccc1Oc1cc(O)c(Oc2ccc(O)cc2OCC)c(OCC)c1. The number of phenols is 3. The molecule has 0 saturated carbocycles. The molecule has 3 N–H and O–H groups in total. The minimum absolute atomic E-state index is 0.0257. The fourth-order valence-electron chi connectivity index (χ4n) is 2.92. The van der Waals surface area contributed by atoms with Gasteiger partial charge in [0.25, 0.3) is 0 Å². The summed E-state index contributed by atoms with van der Waals surface area (Å²) in [6, 6.07) is 11.8. The fraction of sp³-hybridized carbons (Fsp3) is 0.250. The average Bonchev–Trinajstić information content (AvgIpc) is 2.74. The predicted octanol–water partition coefficient (Wildman–Crippen LogP) is 5.58. The number of ether oxygens (including phenoxy) is 5.